The Bertz CT molecular complexity index is 482. The molecule has 2 N–H and O–H groups in total. The van der Waals surface area contributed by atoms with E-state index in [0.29, 0.717) is 0 Å². The van der Waals surface area contributed by atoms with Crippen LogP contribution in [0.2, 0.25) is 0 Å². The van der Waals surface area contributed by atoms with Gasteiger partial charge in [-0.15, -0.1) is 35.3 Å². The Kier molecular flexibility index (Phi) is 9.49. The highest BCUT2D eigenvalue weighted by Gasteiger charge is 2.19. The molecule has 0 saturated heterocycles. The van der Waals surface area contributed by atoms with Gasteiger partial charge in [0.1, 0.15) is 0 Å². The van der Waals surface area contributed by atoms with Crippen molar-refractivity contribution >= 4 is 41.3 Å². The molecule has 1 aromatic rings. The van der Waals surface area contributed by atoms with Crippen molar-refractivity contribution in [3.63, 3.8) is 0 Å². The van der Waals surface area contributed by atoms with E-state index >= 15 is 0 Å². The average Bonchev–Trinajstić information content (AvgIpc) is 2.66. The molecule has 7 heteroatoms. The minimum atomic E-state index is 0. The maximum atomic E-state index is 4.45. The lowest BCUT2D eigenvalue weighted by Gasteiger charge is -2.29. The van der Waals surface area contributed by atoms with Crippen LogP contribution in [0.4, 0.5) is 0 Å². The van der Waals surface area contributed by atoms with Gasteiger partial charge in [-0.1, -0.05) is 13.8 Å². The first-order valence-corrected chi connectivity index (χ1v) is 8.07. The van der Waals surface area contributed by atoms with Gasteiger partial charge in [-0.05, 0) is 33.4 Å². The third-order valence-electron chi connectivity index (χ3n) is 3.12. The molecule has 0 aliphatic heterocycles. The molecule has 0 amide bonds. The first kappa shape index (κ1) is 21.6. The monoisotopic (exact) mass is 439 g/mol. The summed E-state index contributed by atoms with van der Waals surface area (Å²) in [5.74, 6) is 0.840. The molecular weight excluding hydrogens is 409 g/mol. The number of guanidine groups is 1. The predicted octanol–water partition coefficient (Wildman–Crippen LogP) is 2.63. The van der Waals surface area contributed by atoms with Gasteiger partial charge in [0.2, 0.25) is 0 Å². The molecule has 0 aliphatic rings. The Hall–Kier alpha value is -0.410. The molecule has 128 valence electrons. The number of aromatic nitrogens is 1. The van der Waals surface area contributed by atoms with Crippen LogP contribution < -0.4 is 10.6 Å². The smallest absolute Gasteiger partial charge is 0.191 e. The van der Waals surface area contributed by atoms with Gasteiger partial charge >= 0.3 is 0 Å². The van der Waals surface area contributed by atoms with Gasteiger partial charge in [-0.2, -0.15) is 0 Å². The fourth-order valence-electron chi connectivity index (χ4n) is 2.36. The second-order valence-electron chi connectivity index (χ2n) is 6.42. The summed E-state index contributed by atoms with van der Waals surface area (Å²) in [5.41, 5.74) is 1.30. The van der Waals surface area contributed by atoms with Crippen molar-refractivity contribution in [3.8, 4) is 0 Å². The number of rotatable bonds is 6. The fraction of sp³-hybridized carbons (Fsp3) is 0.733. The number of aryl methyl sites for hydroxylation is 2. The molecule has 0 bridgehead atoms. The van der Waals surface area contributed by atoms with Crippen LogP contribution in [-0.4, -0.2) is 50.1 Å². The van der Waals surface area contributed by atoms with Crippen molar-refractivity contribution < 1.29 is 0 Å². The lowest BCUT2D eigenvalue weighted by atomic mass is 9.93. The number of hydrogen-bond donors (Lipinski definition) is 2. The van der Waals surface area contributed by atoms with E-state index in [-0.39, 0.29) is 29.4 Å². The molecule has 1 rings (SSSR count). The SMILES string of the molecule is CN=C(NCc1sc(C)nc1C)NCC(C)(C)CN(C)C.I. The molecular formula is C15H30IN5S. The van der Waals surface area contributed by atoms with Gasteiger partial charge in [0.15, 0.2) is 5.96 Å². The Morgan fingerprint density at radius 2 is 1.91 bits per heavy atom. The van der Waals surface area contributed by atoms with Crippen molar-refractivity contribution in [2.75, 3.05) is 34.2 Å². The zero-order valence-electron chi connectivity index (χ0n) is 14.8. The van der Waals surface area contributed by atoms with E-state index in [4.69, 9.17) is 0 Å². The summed E-state index contributed by atoms with van der Waals surface area (Å²) >= 11 is 1.74. The van der Waals surface area contributed by atoms with E-state index in [1.165, 1.54) is 4.88 Å². The second-order valence-corrected chi connectivity index (χ2v) is 7.71. The van der Waals surface area contributed by atoms with Crippen LogP contribution >= 0.6 is 35.3 Å². The summed E-state index contributed by atoms with van der Waals surface area (Å²) in [6.07, 6.45) is 0. The van der Waals surface area contributed by atoms with Crippen LogP contribution in [0.5, 0.6) is 0 Å². The lowest BCUT2D eigenvalue weighted by Crippen LogP contribution is -2.44. The number of nitrogens with one attached hydrogen (secondary N) is 2. The van der Waals surface area contributed by atoms with Crippen molar-refractivity contribution in [1.29, 1.82) is 0 Å². The second kappa shape index (κ2) is 9.67. The topological polar surface area (TPSA) is 52.6 Å². The van der Waals surface area contributed by atoms with Crippen molar-refractivity contribution in [2.45, 2.75) is 34.2 Å². The number of halogens is 1. The molecule has 0 aliphatic carbocycles. The van der Waals surface area contributed by atoms with Crippen molar-refractivity contribution in [2.24, 2.45) is 10.4 Å². The summed E-state index contributed by atoms with van der Waals surface area (Å²) in [4.78, 5) is 12.2. The normalized spacial score (nSPS) is 12.3. The quantitative estimate of drug-likeness (QED) is 0.407. The summed E-state index contributed by atoms with van der Waals surface area (Å²) in [5, 5.41) is 7.88. The highest BCUT2D eigenvalue weighted by atomic mass is 127. The van der Waals surface area contributed by atoms with Crippen LogP contribution in [0, 0.1) is 19.3 Å². The highest BCUT2D eigenvalue weighted by molar-refractivity contribution is 14.0. The Labute approximate surface area is 156 Å². The van der Waals surface area contributed by atoms with Crippen LogP contribution in [-0.2, 0) is 6.54 Å². The molecule has 0 saturated carbocycles. The minimum absolute atomic E-state index is 0. The van der Waals surface area contributed by atoms with E-state index in [1.807, 2.05) is 6.92 Å². The lowest BCUT2D eigenvalue weighted by molar-refractivity contribution is 0.241. The van der Waals surface area contributed by atoms with Crippen molar-refractivity contribution in [1.82, 2.24) is 20.5 Å². The molecule has 1 heterocycles. The first-order valence-electron chi connectivity index (χ1n) is 7.25. The van der Waals surface area contributed by atoms with Crippen LogP contribution in [0.25, 0.3) is 0 Å². The van der Waals surface area contributed by atoms with Crippen molar-refractivity contribution in [3.05, 3.63) is 15.6 Å². The number of nitrogens with zero attached hydrogens (tertiary/aromatic N) is 3. The fourth-order valence-corrected chi connectivity index (χ4v) is 3.23. The summed E-state index contributed by atoms with van der Waals surface area (Å²) < 4.78 is 0. The molecule has 0 radical (unpaired) electrons. The zero-order chi connectivity index (χ0) is 16.0. The summed E-state index contributed by atoms with van der Waals surface area (Å²) in [6.45, 7) is 11.3. The predicted molar refractivity (Wildman–Crippen MR) is 108 cm³/mol. The Balaban J connectivity index is 0.00000441. The van der Waals surface area contributed by atoms with E-state index in [1.54, 1.807) is 18.4 Å². The molecule has 0 atom stereocenters. The largest absolute Gasteiger partial charge is 0.356 e. The summed E-state index contributed by atoms with van der Waals surface area (Å²) in [7, 11) is 6.01. The average molecular weight is 439 g/mol. The maximum absolute atomic E-state index is 4.45. The standard InChI is InChI=1S/C15H29N5S.HI/c1-11-13(21-12(2)19-11)8-17-14(16-5)18-9-15(3,4)10-20(6)7;/h8-10H2,1-7H3,(H2,16,17,18);1H. The van der Waals surface area contributed by atoms with E-state index in [0.717, 1.165) is 36.3 Å². The molecule has 0 aromatic carbocycles. The van der Waals surface area contributed by atoms with Crippen LogP contribution in [0.15, 0.2) is 4.99 Å². The van der Waals surface area contributed by atoms with Crippen LogP contribution in [0.3, 0.4) is 0 Å². The van der Waals surface area contributed by atoms with E-state index in [9.17, 15) is 0 Å². The Morgan fingerprint density at radius 3 is 2.36 bits per heavy atom. The van der Waals surface area contributed by atoms with Gasteiger partial charge in [0.05, 0.1) is 17.2 Å². The number of thiazole rings is 1. The summed E-state index contributed by atoms with van der Waals surface area (Å²) in [6, 6.07) is 0. The molecule has 1 aromatic heterocycles. The first-order chi connectivity index (χ1) is 9.73. The van der Waals surface area contributed by atoms with Crippen LogP contribution in [0.1, 0.15) is 29.4 Å². The molecule has 0 fully saturated rings. The van der Waals surface area contributed by atoms with Gasteiger partial charge in [0.25, 0.3) is 0 Å². The van der Waals surface area contributed by atoms with Gasteiger partial charge in [-0.3, -0.25) is 4.99 Å². The highest BCUT2D eigenvalue weighted by Crippen LogP contribution is 2.16. The molecule has 5 nitrogen and oxygen atoms in total. The van der Waals surface area contributed by atoms with Gasteiger partial charge in [-0.25, -0.2) is 4.98 Å². The minimum Gasteiger partial charge on any atom is -0.356 e. The van der Waals surface area contributed by atoms with E-state index in [2.05, 4.69) is 60.4 Å². The third-order valence-corrected chi connectivity index (χ3v) is 4.19. The molecule has 0 spiro atoms. The number of hydrogen-bond acceptors (Lipinski definition) is 4. The maximum Gasteiger partial charge on any atom is 0.191 e. The van der Waals surface area contributed by atoms with Gasteiger partial charge in [0, 0.05) is 25.0 Å². The molecule has 0 unspecified atom stereocenters. The third kappa shape index (κ3) is 7.73. The number of aliphatic imine (C=N–C) groups is 1. The van der Waals surface area contributed by atoms with Gasteiger partial charge < -0.3 is 15.5 Å². The van der Waals surface area contributed by atoms with E-state index < -0.39 is 0 Å². The molecule has 22 heavy (non-hydrogen) atoms. The Morgan fingerprint density at radius 1 is 1.27 bits per heavy atom. The zero-order valence-corrected chi connectivity index (χ0v) is 17.9.